The first kappa shape index (κ1) is 28.2. The van der Waals surface area contributed by atoms with Crippen LogP contribution in [0.2, 0.25) is 0 Å². The normalized spacial score (nSPS) is 11.9. The van der Waals surface area contributed by atoms with E-state index in [4.69, 9.17) is 9.26 Å². The first-order chi connectivity index (χ1) is 19.0. The Bertz CT molecular complexity index is 1630. The minimum Gasteiger partial charge on any atom is -0.441 e. The molecule has 1 heterocycles. The van der Waals surface area contributed by atoms with E-state index >= 15 is 0 Å². The first-order valence-electron chi connectivity index (χ1n) is 12.2. The van der Waals surface area contributed by atoms with E-state index in [9.17, 15) is 22.8 Å². The highest BCUT2D eigenvalue weighted by molar-refractivity contribution is 7.90. The van der Waals surface area contributed by atoms with E-state index in [-0.39, 0.29) is 9.20 Å². The van der Waals surface area contributed by atoms with Crippen molar-refractivity contribution < 1.29 is 32.1 Å². The van der Waals surface area contributed by atoms with E-state index in [1.165, 1.54) is 12.1 Å². The summed E-state index contributed by atoms with van der Waals surface area (Å²) in [7, 11) is -4.31. The zero-order chi connectivity index (χ0) is 29.0. The Balaban J connectivity index is 1.51. The van der Waals surface area contributed by atoms with Crippen molar-refractivity contribution in [2.75, 3.05) is 5.32 Å². The fourth-order valence-corrected chi connectivity index (χ4v) is 5.46. The molecule has 40 heavy (non-hydrogen) atoms. The van der Waals surface area contributed by atoms with Crippen LogP contribution in [-0.4, -0.2) is 35.8 Å². The van der Waals surface area contributed by atoms with Gasteiger partial charge in [0.15, 0.2) is 5.76 Å². The number of rotatable bonds is 7. The Morgan fingerprint density at radius 1 is 0.850 bits per heavy atom. The summed E-state index contributed by atoms with van der Waals surface area (Å²) < 4.78 is 36.7. The Kier molecular flexibility index (Phi) is 8.15. The molecule has 0 saturated heterocycles. The number of sulfonamides is 1. The van der Waals surface area contributed by atoms with Crippen LogP contribution in [0, 0.1) is 6.92 Å². The van der Waals surface area contributed by atoms with E-state index in [1.807, 2.05) is 30.3 Å². The van der Waals surface area contributed by atoms with Crippen LogP contribution in [0.1, 0.15) is 38.1 Å². The van der Waals surface area contributed by atoms with Crippen LogP contribution < -0.4 is 5.32 Å². The number of imide groups is 1. The van der Waals surface area contributed by atoms with Gasteiger partial charge in [0, 0.05) is 19.4 Å². The van der Waals surface area contributed by atoms with Crippen LogP contribution >= 0.6 is 0 Å². The summed E-state index contributed by atoms with van der Waals surface area (Å²) in [6.45, 7) is 5.51. The molecular weight excluding hydrogens is 534 g/mol. The molecule has 4 rings (SSSR count). The molecule has 1 aromatic heterocycles. The number of amides is 3. The zero-order valence-electron chi connectivity index (χ0n) is 22.2. The molecule has 10 nitrogen and oxygen atoms in total. The lowest BCUT2D eigenvalue weighted by Gasteiger charge is -2.17. The number of ether oxygens (including phenoxy) is 1. The maximum absolute atomic E-state index is 12.7. The van der Waals surface area contributed by atoms with Crippen LogP contribution in [0.25, 0.3) is 22.5 Å². The Morgan fingerprint density at radius 3 is 1.93 bits per heavy atom. The van der Waals surface area contributed by atoms with Gasteiger partial charge in [0.1, 0.15) is 17.5 Å². The third-order valence-corrected chi connectivity index (χ3v) is 7.95. The Morgan fingerprint density at radius 2 is 1.38 bits per heavy atom. The highest BCUT2D eigenvalue weighted by atomic mass is 32.2. The van der Waals surface area contributed by atoms with E-state index in [0.29, 0.717) is 28.3 Å². The maximum Gasteiger partial charge on any atom is 0.412 e. The molecular formula is C29H27N3O7S. The molecule has 3 aromatic carbocycles. The van der Waals surface area contributed by atoms with Gasteiger partial charge in [0.2, 0.25) is 11.8 Å². The van der Waals surface area contributed by atoms with E-state index in [2.05, 4.69) is 10.5 Å². The molecule has 0 bridgehead atoms. The quantitative estimate of drug-likeness (QED) is 0.303. The molecule has 11 heteroatoms. The van der Waals surface area contributed by atoms with Crippen molar-refractivity contribution >= 4 is 33.6 Å². The highest BCUT2D eigenvalue weighted by Crippen LogP contribution is 2.33. The lowest BCUT2D eigenvalue weighted by molar-refractivity contribution is -0.135. The minimum atomic E-state index is -4.31. The summed E-state index contributed by atoms with van der Waals surface area (Å²) in [6.07, 6.45) is -1.11. The van der Waals surface area contributed by atoms with Gasteiger partial charge in [-0.2, -0.15) is 4.31 Å². The molecule has 1 atom stereocenters. The van der Waals surface area contributed by atoms with Gasteiger partial charge in [0.05, 0.1) is 4.90 Å². The molecule has 0 radical (unpaired) electrons. The number of anilines is 1. The Hall–Kier alpha value is -4.77. The van der Waals surface area contributed by atoms with Crippen molar-refractivity contribution in [1.29, 1.82) is 0 Å². The van der Waals surface area contributed by atoms with Gasteiger partial charge in [-0.3, -0.25) is 14.9 Å². The second-order valence-electron chi connectivity index (χ2n) is 8.96. The summed E-state index contributed by atoms with van der Waals surface area (Å²) in [5.74, 6) is -1.42. The first-order valence-corrected chi connectivity index (χ1v) is 13.7. The van der Waals surface area contributed by atoms with Gasteiger partial charge in [-0.1, -0.05) is 71.9 Å². The van der Waals surface area contributed by atoms with E-state index in [0.717, 1.165) is 25.0 Å². The summed E-state index contributed by atoms with van der Waals surface area (Å²) in [6, 6.07) is 22.3. The van der Waals surface area contributed by atoms with Crippen molar-refractivity contribution in [3.8, 4) is 22.5 Å². The number of aromatic nitrogens is 1. The van der Waals surface area contributed by atoms with E-state index in [1.54, 1.807) is 50.2 Å². The predicted molar refractivity (Wildman–Crippen MR) is 147 cm³/mol. The molecule has 0 fully saturated rings. The minimum absolute atomic E-state index is 0.181. The number of carbonyl (C=O) groups excluding carboxylic acids is 3. The number of nitrogens with one attached hydrogen (secondary N) is 1. The largest absolute Gasteiger partial charge is 0.441 e. The molecule has 0 saturated carbocycles. The summed E-state index contributed by atoms with van der Waals surface area (Å²) >= 11 is 0. The SMILES string of the molecule is CC(=O)N(C(C)=O)S(=O)(=O)c1ccc(-c2ccc(-c3onc(C)c3NC(=O)O[C@H](C)c3ccccc3)cc2)cc1. The highest BCUT2D eigenvalue weighted by Gasteiger charge is 2.30. The lowest BCUT2D eigenvalue weighted by atomic mass is 10.0. The second-order valence-corrected chi connectivity index (χ2v) is 10.8. The standard InChI is InChI=1S/C29H27N3O7S/c1-18-27(30-29(35)38-19(2)22-8-6-5-7-9-22)28(39-31-18)25-12-10-23(11-13-25)24-14-16-26(17-15-24)40(36,37)32(20(3)33)21(4)34/h5-17,19H,1-4H3,(H,30,35)/t19-/m1/s1. The molecule has 206 valence electrons. The average Bonchev–Trinajstić information content (AvgIpc) is 3.28. The molecule has 4 aromatic rings. The molecule has 3 amide bonds. The van der Waals surface area contributed by atoms with Gasteiger partial charge in [-0.05, 0) is 42.7 Å². The zero-order valence-corrected chi connectivity index (χ0v) is 23.1. The van der Waals surface area contributed by atoms with Gasteiger partial charge in [0.25, 0.3) is 10.0 Å². The van der Waals surface area contributed by atoms with E-state index < -0.39 is 34.0 Å². The number of benzene rings is 3. The van der Waals surface area contributed by atoms with Crippen molar-refractivity contribution in [3.05, 3.63) is 90.1 Å². The molecule has 0 spiro atoms. The lowest BCUT2D eigenvalue weighted by Crippen LogP contribution is -2.38. The van der Waals surface area contributed by atoms with Crippen molar-refractivity contribution in [3.63, 3.8) is 0 Å². The fourth-order valence-electron chi connectivity index (χ4n) is 4.10. The average molecular weight is 562 g/mol. The van der Waals surface area contributed by atoms with Gasteiger partial charge < -0.3 is 9.26 Å². The van der Waals surface area contributed by atoms with Crippen molar-refractivity contribution in [2.24, 2.45) is 0 Å². The molecule has 0 aliphatic carbocycles. The topological polar surface area (TPSA) is 136 Å². The predicted octanol–water partition coefficient (Wildman–Crippen LogP) is 5.71. The van der Waals surface area contributed by atoms with Crippen molar-refractivity contribution in [2.45, 2.75) is 38.7 Å². The van der Waals surface area contributed by atoms with Crippen LogP contribution in [0.4, 0.5) is 10.5 Å². The second kappa shape index (κ2) is 11.5. The number of aryl methyl sites for hydroxylation is 1. The summed E-state index contributed by atoms with van der Waals surface area (Å²) in [4.78, 5) is 35.9. The van der Waals surface area contributed by atoms with Gasteiger partial charge >= 0.3 is 6.09 Å². The van der Waals surface area contributed by atoms with Crippen LogP contribution in [-0.2, 0) is 24.3 Å². The molecule has 0 aliphatic rings. The number of hydrogen-bond acceptors (Lipinski definition) is 8. The van der Waals surface area contributed by atoms with Crippen LogP contribution in [0.3, 0.4) is 0 Å². The van der Waals surface area contributed by atoms with Crippen LogP contribution in [0.5, 0.6) is 0 Å². The third-order valence-electron chi connectivity index (χ3n) is 6.09. The monoisotopic (exact) mass is 561 g/mol. The molecule has 0 aliphatic heterocycles. The summed E-state index contributed by atoms with van der Waals surface area (Å²) in [5.41, 5.74) is 3.83. The number of carbonyl (C=O) groups is 3. The van der Waals surface area contributed by atoms with Crippen molar-refractivity contribution in [1.82, 2.24) is 9.46 Å². The number of hydrogen-bond donors (Lipinski definition) is 1. The maximum atomic E-state index is 12.7. The smallest absolute Gasteiger partial charge is 0.412 e. The molecule has 0 unspecified atom stereocenters. The summed E-state index contributed by atoms with van der Waals surface area (Å²) in [5, 5.41) is 6.70. The van der Waals surface area contributed by atoms with Gasteiger partial charge in [-0.15, -0.1) is 0 Å². The third kappa shape index (κ3) is 5.94. The Labute approximate surface area is 231 Å². The van der Waals surface area contributed by atoms with Crippen LogP contribution in [0.15, 0.2) is 88.3 Å². The van der Waals surface area contributed by atoms with Gasteiger partial charge in [-0.25, -0.2) is 13.2 Å². The number of nitrogens with zero attached hydrogens (tertiary/aromatic N) is 2. The fraction of sp³-hybridized carbons (Fsp3) is 0.172. The molecule has 1 N–H and O–H groups in total.